The lowest BCUT2D eigenvalue weighted by Gasteiger charge is -2.06. The molecule has 0 radical (unpaired) electrons. The number of rotatable bonds is 1. The van der Waals surface area contributed by atoms with Gasteiger partial charge in [-0.2, -0.15) is 5.10 Å². The Kier molecular flexibility index (Phi) is 4.12. The third-order valence-corrected chi connectivity index (χ3v) is 7.15. The summed E-state index contributed by atoms with van der Waals surface area (Å²) in [5, 5.41) is 8.70. The zero-order valence-corrected chi connectivity index (χ0v) is 19.0. The molecule has 0 spiro atoms. The standard InChI is InChI=1S/C24H15FN8OS/c1-2-17(34)33-12-5-11(6-26-7-12)21-20(25)19-14(10-28-21)31-32-23(19)24-29-15-9-27-8-13(22(15)30-24)16-3-4-18(33)35-16/h3-10H,2H2,1H3,(H,29,30)(H,31,32). The van der Waals surface area contributed by atoms with Gasteiger partial charge in [0.25, 0.3) is 0 Å². The Bertz CT molecular complexity index is 2050. The van der Waals surface area contributed by atoms with Crippen LogP contribution in [0.3, 0.4) is 0 Å². The van der Waals surface area contributed by atoms with Crippen molar-refractivity contribution in [3.8, 4) is 0 Å². The number of carbonyl (C=O) groups is 1. The van der Waals surface area contributed by atoms with Gasteiger partial charge in [0.05, 0.1) is 40.5 Å². The Morgan fingerprint density at radius 2 is 1.94 bits per heavy atom. The summed E-state index contributed by atoms with van der Waals surface area (Å²) in [7, 11) is 0. The Balaban J connectivity index is 1.82. The van der Waals surface area contributed by atoms with Crippen molar-refractivity contribution < 1.29 is 9.18 Å². The van der Waals surface area contributed by atoms with Crippen molar-refractivity contribution in [1.82, 2.24) is 39.7 Å². The van der Waals surface area contributed by atoms with Gasteiger partial charge in [-0.1, -0.05) is 6.92 Å². The number of hydrogen-bond donors (Lipinski definition) is 2. The number of H-pyrrole nitrogens is 2. The van der Waals surface area contributed by atoms with Gasteiger partial charge in [-0.25, -0.2) is 9.37 Å². The minimum absolute atomic E-state index is 0.110. The molecule has 0 aromatic carbocycles. The number of aromatic nitrogens is 8. The van der Waals surface area contributed by atoms with Crippen LogP contribution in [0, 0.1) is 5.82 Å². The van der Waals surface area contributed by atoms with Crippen LogP contribution in [0.15, 0.2) is 49.2 Å². The van der Waals surface area contributed by atoms with Crippen LogP contribution in [-0.2, 0) is 0 Å². The average molecular weight is 483 g/mol. The Morgan fingerprint density at radius 3 is 2.83 bits per heavy atom. The minimum Gasteiger partial charge on any atom is -0.335 e. The lowest BCUT2D eigenvalue weighted by Crippen LogP contribution is -2.09. The highest BCUT2D eigenvalue weighted by atomic mass is 32.1. The fraction of sp³-hybridized carbons (Fsp3) is 0.0833. The van der Waals surface area contributed by atoms with Gasteiger partial charge in [0.15, 0.2) is 11.5 Å². The molecular formula is C24H15FN8OS. The second kappa shape index (κ2) is 7.24. The molecule has 0 amide bonds. The molecule has 0 atom stereocenters. The number of fused-ring (bicyclic) bond motifs is 9. The predicted molar refractivity (Wildman–Crippen MR) is 134 cm³/mol. The largest absolute Gasteiger partial charge is 0.335 e. The number of imidazole rings is 1. The molecule has 0 fully saturated rings. The number of nitrogens with zero attached hydrogens (tertiary/aromatic N) is 6. The molecule has 9 nitrogen and oxygen atoms in total. The van der Waals surface area contributed by atoms with E-state index in [0.717, 1.165) is 10.1 Å². The van der Waals surface area contributed by atoms with E-state index >= 15 is 4.39 Å². The zero-order valence-electron chi connectivity index (χ0n) is 18.2. The molecule has 0 aliphatic rings. The molecule has 8 bridgehead atoms. The molecule has 35 heavy (non-hydrogen) atoms. The third-order valence-electron chi connectivity index (χ3n) is 6.05. The van der Waals surface area contributed by atoms with E-state index in [1.165, 1.54) is 23.7 Å². The van der Waals surface area contributed by atoms with Crippen molar-refractivity contribution in [3.05, 3.63) is 55.0 Å². The smallest absolute Gasteiger partial charge is 0.231 e. The first-order valence-corrected chi connectivity index (χ1v) is 11.7. The van der Waals surface area contributed by atoms with Gasteiger partial charge < -0.3 is 4.98 Å². The molecule has 0 aliphatic heterocycles. The van der Waals surface area contributed by atoms with Crippen LogP contribution in [0.25, 0.3) is 64.4 Å². The van der Waals surface area contributed by atoms with Gasteiger partial charge in [-0.3, -0.25) is 29.4 Å². The maximum Gasteiger partial charge on any atom is 0.231 e. The van der Waals surface area contributed by atoms with Gasteiger partial charge in [0.1, 0.15) is 21.4 Å². The molecule has 7 rings (SSSR count). The fourth-order valence-corrected chi connectivity index (χ4v) is 5.45. The van der Waals surface area contributed by atoms with E-state index in [2.05, 4.69) is 30.1 Å². The molecule has 0 saturated carbocycles. The summed E-state index contributed by atoms with van der Waals surface area (Å²) >= 11 is 1.44. The number of nitrogens with one attached hydrogen (secondary N) is 2. The molecular weight excluding hydrogens is 467 g/mol. The van der Waals surface area contributed by atoms with Crippen LogP contribution in [0.2, 0.25) is 0 Å². The first-order chi connectivity index (χ1) is 17.1. The van der Waals surface area contributed by atoms with E-state index in [1.54, 1.807) is 36.1 Å². The number of carbonyl (C=O) groups excluding carboxylic acids is 1. The molecule has 7 aromatic rings. The fourth-order valence-electron chi connectivity index (χ4n) is 4.40. The van der Waals surface area contributed by atoms with Gasteiger partial charge in [0.2, 0.25) is 5.91 Å². The van der Waals surface area contributed by atoms with Crippen molar-refractivity contribution >= 4 is 81.7 Å². The Morgan fingerprint density at radius 1 is 1.06 bits per heavy atom. The van der Waals surface area contributed by atoms with Crippen LogP contribution in [-0.4, -0.2) is 45.6 Å². The third kappa shape index (κ3) is 2.85. The van der Waals surface area contributed by atoms with Crippen LogP contribution in [0.1, 0.15) is 18.1 Å². The van der Waals surface area contributed by atoms with E-state index in [4.69, 9.17) is 4.98 Å². The maximum atomic E-state index is 16.0. The highest BCUT2D eigenvalue weighted by Crippen LogP contribution is 2.31. The highest BCUT2D eigenvalue weighted by molar-refractivity contribution is 7.24. The molecule has 0 saturated heterocycles. The summed E-state index contributed by atoms with van der Waals surface area (Å²) in [5.74, 6) is -0.661. The Labute approximate surface area is 199 Å². The van der Waals surface area contributed by atoms with Gasteiger partial charge in [0, 0.05) is 34.3 Å². The Hall–Kier alpha value is -4.51. The average Bonchev–Trinajstić information content (AvgIpc) is 3.62. The molecule has 0 aliphatic carbocycles. The topological polar surface area (TPSA) is 118 Å². The lowest BCUT2D eigenvalue weighted by molar-refractivity contribution is 0.0918. The van der Waals surface area contributed by atoms with E-state index in [9.17, 15) is 4.79 Å². The number of halogens is 1. The minimum atomic E-state index is -0.551. The second-order valence-electron chi connectivity index (χ2n) is 8.10. The summed E-state index contributed by atoms with van der Waals surface area (Å²) in [6.45, 7) is 1.80. The molecule has 0 unspecified atom stereocenters. The predicted octanol–water partition coefficient (Wildman–Crippen LogP) is 5.41. The van der Waals surface area contributed by atoms with Gasteiger partial charge in [-0.05, 0) is 18.2 Å². The molecule has 170 valence electrons. The van der Waals surface area contributed by atoms with Crippen LogP contribution in [0.4, 0.5) is 4.39 Å². The van der Waals surface area contributed by atoms with Crippen LogP contribution in [0.5, 0.6) is 0 Å². The summed E-state index contributed by atoms with van der Waals surface area (Å²) in [6.07, 6.45) is 8.36. The normalized spacial score (nSPS) is 11.9. The zero-order chi connectivity index (χ0) is 23.7. The van der Waals surface area contributed by atoms with Crippen molar-refractivity contribution in [2.75, 3.05) is 0 Å². The van der Waals surface area contributed by atoms with Crippen LogP contribution >= 0.6 is 11.3 Å². The summed E-state index contributed by atoms with van der Waals surface area (Å²) < 4.78 is 18.5. The van der Waals surface area contributed by atoms with Gasteiger partial charge >= 0.3 is 0 Å². The summed E-state index contributed by atoms with van der Waals surface area (Å²) in [4.78, 5) is 34.8. The first kappa shape index (κ1) is 19.9. The second-order valence-corrected chi connectivity index (χ2v) is 9.16. The number of thiophene rings is 1. The molecule has 7 aromatic heterocycles. The number of hydrogen-bond acceptors (Lipinski definition) is 7. The van der Waals surface area contributed by atoms with E-state index in [1.807, 2.05) is 12.1 Å². The molecule has 11 heteroatoms. The summed E-state index contributed by atoms with van der Waals surface area (Å²) in [5.41, 5.74) is 3.22. The van der Waals surface area contributed by atoms with Crippen molar-refractivity contribution in [3.63, 3.8) is 0 Å². The SMILES string of the molecule is CCC(=O)n1c2cncc(c2)c2ncc3[nH]nc(c4nc5c(cncc5c5ccc1s5)[nH]4)c3c2F. The monoisotopic (exact) mass is 482 g/mol. The van der Waals surface area contributed by atoms with Crippen LogP contribution < -0.4 is 0 Å². The van der Waals surface area contributed by atoms with Crippen molar-refractivity contribution in [2.45, 2.75) is 13.3 Å². The quantitative estimate of drug-likeness (QED) is 0.323. The molecule has 7 heterocycles. The lowest BCUT2D eigenvalue weighted by atomic mass is 10.2. The highest BCUT2D eigenvalue weighted by Gasteiger charge is 2.16. The molecule has 2 N–H and O–H groups in total. The maximum absolute atomic E-state index is 16.0. The van der Waals surface area contributed by atoms with Crippen molar-refractivity contribution in [2.24, 2.45) is 0 Å². The van der Waals surface area contributed by atoms with Crippen molar-refractivity contribution in [1.29, 1.82) is 0 Å². The van der Waals surface area contributed by atoms with E-state index in [0.29, 0.717) is 43.4 Å². The number of pyridine rings is 3. The van der Waals surface area contributed by atoms with E-state index < -0.39 is 5.82 Å². The summed E-state index contributed by atoms with van der Waals surface area (Å²) in [6, 6.07) is 5.55. The van der Waals surface area contributed by atoms with E-state index in [-0.39, 0.29) is 23.2 Å². The van der Waals surface area contributed by atoms with Gasteiger partial charge in [-0.15, -0.1) is 11.3 Å². The number of aromatic amines is 2. The first-order valence-electron chi connectivity index (χ1n) is 10.9.